The molecule has 90 valence electrons. The number of benzene rings is 1. The lowest BCUT2D eigenvalue weighted by Gasteiger charge is -2.13. The molecule has 0 aliphatic carbocycles. The van der Waals surface area contributed by atoms with Crippen LogP contribution in [0.2, 0.25) is 0 Å². The molecule has 3 N–H and O–H groups in total. The first-order valence-corrected chi connectivity index (χ1v) is 6.62. The van der Waals surface area contributed by atoms with Crippen molar-refractivity contribution in [2.45, 2.75) is 13.5 Å². The maximum absolute atomic E-state index is 11.1. The highest BCUT2D eigenvalue weighted by Crippen LogP contribution is 2.28. The summed E-state index contributed by atoms with van der Waals surface area (Å²) in [4.78, 5) is 0. The minimum atomic E-state index is -3.31. The highest BCUT2D eigenvalue weighted by atomic mass is 32.2. The Morgan fingerprint density at radius 3 is 2.50 bits per heavy atom. The van der Waals surface area contributed by atoms with Gasteiger partial charge in [-0.2, -0.15) is 0 Å². The summed E-state index contributed by atoms with van der Waals surface area (Å²) in [6, 6.07) is 3.45. The first kappa shape index (κ1) is 12.8. The molecule has 0 fully saturated rings. The number of sulfonamides is 1. The Hall–Kier alpha value is -1.27. The second kappa shape index (κ2) is 4.71. The van der Waals surface area contributed by atoms with Gasteiger partial charge in [-0.05, 0) is 30.2 Å². The van der Waals surface area contributed by atoms with E-state index in [1.165, 1.54) is 7.11 Å². The highest BCUT2D eigenvalue weighted by molar-refractivity contribution is 7.92. The SMILES string of the molecule is COc1cc(CN)c(C)cc1NS(C)(=O)=O. The molecule has 0 bridgehead atoms. The molecule has 1 rings (SSSR count). The average Bonchev–Trinajstić information content (AvgIpc) is 2.16. The van der Waals surface area contributed by atoms with E-state index in [4.69, 9.17) is 10.5 Å². The first-order chi connectivity index (χ1) is 7.37. The van der Waals surface area contributed by atoms with Crippen LogP contribution in [0, 0.1) is 6.92 Å². The van der Waals surface area contributed by atoms with Gasteiger partial charge in [-0.25, -0.2) is 8.42 Å². The number of rotatable bonds is 4. The molecule has 0 heterocycles. The monoisotopic (exact) mass is 244 g/mol. The maximum Gasteiger partial charge on any atom is 0.229 e. The van der Waals surface area contributed by atoms with Gasteiger partial charge in [0.15, 0.2) is 0 Å². The van der Waals surface area contributed by atoms with Crippen LogP contribution in [0.5, 0.6) is 5.75 Å². The Morgan fingerprint density at radius 1 is 1.44 bits per heavy atom. The molecule has 5 nitrogen and oxygen atoms in total. The normalized spacial score (nSPS) is 11.2. The maximum atomic E-state index is 11.1. The second-order valence-corrected chi connectivity index (χ2v) is 5.31. The van der Waals surface area contributed by atoms with E-state index >= 15 is 0 Å². The number of ether oxygens (including phenoxy) is 1. The molecule has 0 saturated heterocycles. The van der Waals surface area contributed by atoms with Crippen LogP contribution in [-0.2, 0) is 16.6 Å². The summed E-state index contributed by atoms with van der Waals surface area (Å²) in [6.45, 7) is 2.26. The Balaban J connectivity index is 3.23. The van der Waals surface area contributed by atoms with Gasteiger partial charge in [-0.15, -0.1) is 0 Å². The van der Waals surface area contributed by atoms with Crippen molar-refractivity contribution in [3.05, 3.63) is 23.3 Å². The lowest BCUT2D eigenvalue weighted by Crippen LogP contribution is -2.11. The van der Waals surface area contributed by atoms with Crippen LogP contribution in [-0.4, -0.2) is 21.8 Å². The molecule has 0 aliphatic heterocycles. The van der Waals surface area contributed by atoms with Gasteiger partial charge in [0, 0.05) is 6.54 Å². The van der Waals surface area contributed by atoms with E-state index in [-0.39, 0.29) is 0 Å². The van der Waals surface area contributed by atoms with Crippen LogP contribution in [0.25, 0.3) is 0 Å². The van der Waals surface area contributed by atoms with Crippen molar-refractivity contribution < 1.29 is 13.2 Å². The van der Waals surface area contributed by atoms with Crippen molar-refractivity contribution in [3.63, 3.8) is 0 Å². The molecule has 1 aromatic carbocycles. The Labute approximate surface area is 95.7 Å². The summed E-state index contributed by atoms with van der Waals surface area (Å²) in [5.41, 5.74) is 7.84. The van der Waals surface area contributed by atoms with E-state index in [0.29, 0.717) is 18.0 Å². The number of nitrogens with one attached hydrogen (secondary N) is 1. The smallest absolute Gasteiger partial charge is 0.229 e. The van der Waals surface area contributed by atoms with Crippen LogP contribution in [0.1, 0.15) is 11.1 Å². The van der Waals surface area contributed by atoms with E-state index in [2.05, 4.69) is 4.72 Å². The van der Waals surface area contributed by atoms with Crippen LogP contribution >= 0.6 is 0 Å². The highest BCUT2D eigenvalue weighted by Gasteiger charge is 2.10. The fourth-order valence-electron chi connectivity index (χ4n) is 1.40. The molecular formula is C10H16N2O3S. The molecule has 0 saturated carbocycles. The first-order valence-electron chi connectivity index (χ1n) is 4.72. The fourth-order valence-corrected chi connectivity index (χ4v) is 1.96. The van der Waals surface area contributed by atoms with E-state index in [0.717, 1.165) is 17.4 Å². The van der Waals surface area contributed by atoms with Gasteiger partial charge >= 0.3 is 0 Å². The lowest BCUT2D eigenvalue weighted by atomic mass is 10.1. The van der Waals surface area contributed by atoms with Gasteiger partial charge in [0.05, 0.1) is 19.1 Å². The Bertz CT molecular complexity index is 483. The minimum absolute atomic E-state index is 0.390. The van der Waals surface area contributed by atoms with Crippen molar-refractivity contribution in [2.24, 2.45) is 5.73 Å². The number of nitrogens with two attached hydrogens (primary N) is 1. The zero-order chi connectivity index (χ0) is 12.3. The summed E-state index contributed by atoms with van der Waals surface area (Å²) in [6.07, 6.45) is 1.10. The third-order valence-corrected chi connectivity index (χ3v) is 2.76. The van der Waals surface area contributed by atoms with E-state index in [1.807, 2.05) is 6.92 Å². The van der Waals surface area contributed by atoms with Crippen molar-refractivity contribution in [1.82, 2.24) is 0 Å². The van der Waals surface area contributed by atoms with Crippen molar-refractivity contribution in [2.75, 3.05) is 18.1 Å². The third-order valence-electron chi connectivity index (χ3n) is 2.17. The van der Waals surface area contributed by atoms with Crippen molar-refractivity contribution >= 4 is 15.7 Å². The largest absolute Gasteiger partial charge is 0.495 e. The number of methoxy groups -OCH3 is 1. The number of anilines is 1. The van der Waals surface area contributed by atoms with Gasteiger partial charge in [-0.3, -0.25) is 4.72 Å². The predicted molar refractivity (Wildman–Crippen MR) is 64.1 cm³/mol. The predicted octanol–water partition coefficient (Wildman–Crippen LogP) is 0.834. The van der Waals surface area contributed by atoms with Crippen LogP contribution in [0.15, 0.2) is 12.1 Å². The lowest BCUT2D eigenvalue weighted by molar-refractivity contribution is 0.416. The van der Waals surface area contributed by atoms with Gasteiger partial charge in [0.1, 0.15) is 5.75 Å². The van der Waals surface area contributed by atoms with E-state index in [1.54, 1.807) is 12.1 Å². The molecule has 0 aromatic heterocycles. The molecular weight excluding hydrogens is 228 g/mol. The zero-order valence-electron chi connectivity index (χ0n) is 9.57. The molecule has 16 heavy (non-hydrogen) atoms. The third kappa shape index (κ3) is 3.11. The van der Waals surface area contributed by atoms with Crippen molar-refractivity contribution in [1.29, 1.82) is 0 Å². The van der Waals surface area contributed by atoms with Crippen LogP contribution < -0.4 is 15.2 Å². The summed E-state index contributed by atoms with van der Waals surface area (Å²) < 4.78 is 29.8. The molecule has 0 aliphatic rings. The molecule has 0 unspecified atom stereocenters. The summed E-state index contributed by atoms with van der Waals surface area (Å²) in [5.74, 6) is 0.469. The van der Waals surface area contributed by atoms with Crippen molar-refractivity contribution in [3.8, 4) is 5.75 Å². The molecule has 0 atom stereocenters. The standard InChI is InChI=1S/C10H16N2O3S/c1-7-4-9(12-16(3,13)14)10(15-2)5-8(7)6-11/h4-5,12H,6,11H2,1-3H3. The minimum Gasteiger partial charge on any atom is -0.495 e. The quantitative estimate of drug-likeness (QED) is 0.822. The molecule has 6 heteroatoms. The topological polar surface area (TPSA) is 81.4 Å². The fraction of sp³-hybridized carbons (Fsp3) is 0.400. The summed E-state index contributed by atoms with van der Waals surface area (Å²) >= 11 is 0. The number of hydrogen-bond acceptors (Lipinski definition) is 4. The Morgan fingerprint density at radius 2 is 2.06 bits per heavy atom. The van der Waals surface area contributed by atoms with E-state index in [9.17, 15) is 8.42 Å². The van der Waals surface area contributed by atoms with E-state index < -0.39 is 10.0 Å². The molecule has 0 amide bonds. The summed E-state index contributed by atoms with van der Waals surface area (Å²) in [7, 11) is -1.82. The molecule has 0 spiro atoms. The van der Waals surface area contributed by atoms with Gasteiger partial charge in [0.25, 0.3) is 0 Å². The number of hydrogen-bond donors (Lipinski definition) is 2. The second-order valence-electron chi connectivity index (χ2n) is 3.56. The van der Waals surface area contributed by atoms with Crippen LogP contribution in [0.3, 0.4) is 0 Å². The molecule has 0 radical (unpaired) electrons. The van der Waals surface area contributed by atoms with Gasteiger partial charge in [-0.1, -0.05) is 0 Å². The molecule has 1 aromatic rings. The van der Waals surface area contributed by atoms with Gasteiger partial charge < -0.3 is 10.5 Å². The van der Waals surface area contributed by atoms with Crippen LogP contribution in [0.4, 0.5) is 5.69 Å². The zero-order valence-corrected chi connectivity index (χ0v) is 10.4. The average molecular weight is 244 g/mol. The van der Waals surface area contributed by atoms with Gasteiger partial charge in [0.2, 0.25) is 10.0 Å². The summed E-state index contributed by atoms with van der Waals surface area (Å²) in [5, 5.41) is 0. The number of aryl methyl sites for hydroxylation is 1. The Kier molecular flexibility index (Phi) is 3.77.